The van der Waals surface area contributed by atoms with E-state index in [0.717, 1.165) is 0 Å². The van der Waals surface area contributed by atoms with Crippen molar-refractivity contribution in [3.63, 3.8) is 0 Å². The second-order valence-electron chi connectivity index (χ2n) is 2.23. The van der Waals surface area contributed by atoms with Crippen molar-refractivity contribution in [2.75, 3.05) is 13.1 Å². The molecular formula is C7H10N2O2. The first kappa shape index (κ1) is 7.78. The highest BCUT2D eigenvalue weighted by Crippen LogP contribution is 2.08. The lowest BCUT2D eigenvalue weighted by atomic mass is 10.5. The summed E-state index contributed by atoms with van der Waals surface area (Å²) in [5.74, 6) is -0.155. The zero-order valence-electron chi connectivity index (χ0n) is 6.41. The molecule has 3 amide bonds. The molecule has 1 aliphatic heterocycles. The monoisotopic (exact) mass is 154 g/mol. The van der Waals surface area contributed by atoms with Gasteiger partial charge in [0, 0.05) is 12.7 Å². The normalized spacial score (nSPS) is 17.9. The summed E-state index contributed by atoms with van der Waals surface area (Å²) in [5.41, 5.74) is 0. The fraction of sp³-hybridized carbons (Fsp3) is 0.429. The fourth-order valence-corrected chi connectivity index (χ4v) is 1.01. The van der Waals surface area contributed by atoms with Gasteiger partial charge in [-0.05, 0) is 6.92 Å². The Morgan fingerprint density at radius 1 is 1.64 bits per heavy atom. The number of likely N-dealkylation sites (N-methyl/N-ethyl adjacent to an activating group) is 1. The molecule has 1 heterocycles. The minimum Gasteiger partial charge on any atom is -0.292 e. The number of amides is 3. The van der Waals surface area contributed by atoms with Crippen molar-refractivity contribution in [1.82, 2.24) is 9.80 Å². The van der Waals surface area contributed by atoms with E-state index in [2.05, 4.69) is 6.58 Å². The van der Waals surface area contributed by atoms with Gasteiger partial charge in [0.15, 0.2) is 0 Å². The SMILES string of the molecule is C=CN1CC(=O)N(CC)C1=O. The van der Waals surface area contributed by atoms with Crippen molar-refractivity contribution in [2.24, 2.45) is 0 Å². The van der Waals surface area contributed by atoms with Crippen LogP contribution in [0.15, 0.2) is 12.8 Å². The quantitative estimate of drug-likeness (QED) is 0.540. The van der Waals surface area contributed by atoms with E-state index >= 15 is 0 Å². The van der Waals surface area contributed by atoms with Crippen LogP contribution in [0.4, 0.5) is 4.79 Å². The van der Waals surface area contributed by atoms with Gasteiger partial charge in [0.05, 0.1) is 0 Å². The van der Waals surface area contributed by atoms with Gasteiger partial charge in [-0.1, -0.05) is 6.58 Å². The van der Waals surface area contributed by atoms with E-state index in [1.54, 1.807) is 6.92 Å². The zero-order chi connectivity index (χ0) is 8.43. The van der Waals surface area contributed by atoms with Crippen LogP contribution in [0.1, 0.15) is 6.92 Å². The van der Waals surface area contributed by atoms with Crippen LogP contribution in [0.3, 0.4) is 0 Å². The molecular weight excluding hydrogens is 144 g/mol. The maximum absolute atomic E-state index is 11.1. The molecule has 1 fully saturated rings. The van der Waals surface area contributed by atoms with Gasteiger partial charge < -0.3 is 0 Å². The Morgan fingerprint density at radius 2 is 2.27 bits per heavy atom. The summed E-state index contributed by atoms with van der Waals surface area (Å²) < 4.78 is 0. The van der Waals surface area contributed by atoms with Gasteiger partial charge in [0.1, 0.15) is 6.54 Å². The molecule has 0 N–H and O–H groups in total. The average Bonchev–Trinajstić information content (AvgIpc) is 2.26. The van der Waals surface area contributed by atoms with Crippen molar-refractivity contribution in [3.8, 4) is 0 Å². The van der Waals surface area contributed by atoms with Crippen LogP contribution >= 0.6 is 0 Å². The van der Waals surface area contributed by atoms with Gasteiger partial charge in [-0.2, -0.15) is 0 Å². The standard InChI is InChI=1S/C7H10N2O2/c1-3-8-5-6(10)9(4-2)7(8)11/h3H,1,4-5H2,2H3. The molecule has 0 spiro atoms. The maximum atomic E-state index is 11.1. The summed E-state index contributed by atoms with van der Waals surface area (Å²) in [6.07, 6.45) is 1.37. The highest BCUT2D eigenvalue weighted by Gasteiger charge is 2.32. The van der Waals surface area contributed by atoms with Gasteiger partial charge in [0.25, 0.3) is 5.91 Å². The molecule has 0 bridgehead atoms. The van der Waals surface area contributed by atoms with E-state index in [-0.39, 0.29) is 18.5 Å². The predicted molar refractivity (Wildman–Crippen MR) is 39.7 cm³/mol. The highest BCUT2D eigenvalue weighted by molar-refractivity contribution is 6.02. The molecule has 60 valence electrons. The first-order valence-corrected chi connectivity index (χ1v) is 3.44. The van der Waals surface area contributed by atoms with Crippen molar-refractivity contribution in [1.29, 1.82) is 0 Å². The minimum absolute atomic E-state index is 0.135. The van der Waals surface area contributed by atoms with Gasteiger partial charge in [0.2, 0.25) is 0 Å². The molecule has 0 aromatic carbocycles. The Hall–Kier alpha value is -1.32. The summed E-state index contributed by atoms with van der Waals surface area (Å²) in [4.78, 5) is 24.6. The Morgan fingerprint density at radius 3 is 2.55 bits per heavy atom. The largest absolute Gasteiger partial charge is 0.331 e. The number of nitrogens with zero attached hydrogens (tertiary/aromatic N) is 2. The average molecular weight is 154 g/mol. The molecule has 0 aromatic rings. The van der Waals surface area contributed by atoms with Crippen LogP contribution in [-0.2, 0) is 4.79 Å². The first-order chi connectivity index (χ1) is 5.20. The van der Waals surface area contributed by atoms with E-state index in [1.165, 1.54) is 16.0 Å². The Labute approximate surface area is 65.1 Å². The number of hydrogen-bond acceptors (Lipinski definition) is 2. The first-order valence-electron chi connectivity index (χ1n) is 3.44. The topological polar surface area (TPSA) is 40.6 Å². The molecule has 4 heteroatoms. The summed E-state index contributed by atoms with van der Waals surface area (Å²) in [7, 11) is 0. The molecule has 11 heavy (non-hydrogen) atoms. The van der Waals surface area contributed by atoms with Crippen LogP contribution < -0.4 is 0 Å². The van der Waals surface area contributed by atoms with Crippen LogP contribution in [0.25, 0.3) is 0 Å². The third-order valence-corrected chi connectivity index (χ3v) is 1.62. The summed E-state index contributed by atoms with van der Waals surface area (Å²) >= 11 is 0. The highest BCUT2D eigenvalue weighted by atomic mass is 16.2. The van der Waals surface area contributed by atoms with Gasteiger partial charge in [-0.3, -0.25) is 14.6 Å². The number of carbonyl (C=O) groups is 2. The Bertz CT molecular complexity index is 212. The number of imide groups is 1. The lowest BCUT2D eigenvalue weighted by Gasteiger charge is -2.10. The van der Waals surface area contributed by atoms with E-state index in [1.807, 2.05) is 0 Å². The lowest BCUT2D eigenvalue weighted by molar-refractivity contribution is -0.125. The van der Waals surface area contributed by atoms with Crippen molar-refractivity contribution in [2.45, 2.75) is 6.92 Å². The smallest absolute Gasteiger partial charge is 0.292 e. The third-order valence-electron chi connectivity index (χ3n) is 1.62. The lowest BCUT2D eigenvalue weighted by Crippen LogP contribution is -2.30. The number of rotatable bonds is 2. The van der Waals surface area contributed by atoms with E-state index < -0.39 is 0 Å². The summed E-state index contributed by atoms with van der Waals surface area (Å²) in [6.45, 7) is 5.76. The van der Waals surface area contributed by atoms with Gasteiger partial charge in [-0.25, -0.2) is 4.79 Å². The fourth-order valence-electron chi connectivity index (χ4n) is 1.01. The van der Waals surface area contributed by atoms with Crippen LogP contribution in [0.2, 0.25) is 0 Å². The van der Waals surface area contributed by atoms with E-state index in [4.69, 9.17) is 0 Å². The molecule has 1 aliphatic rings. The zero-order valence-corrected chi connectivity index (χ0v) is 6.41. The molecule has 1 rings (SSSR count). The molecule has 0 aliphatic carbocycles. The van der Waals surface area contributed by atoms with Crippen molar-refractivity contribution >= 4 is 11.9 Å². The van der Waals surface area contributed by atoms with Gasteiger partial charge >= 0.3 is 6.03 Å². The third kappa shape index (κ3) is 1.11. The molecule has 4 nitrogen and oxygen atoms in total. The van der Waals surface area contributed by atoms with Gasteiger partial charge in [-0.15, -0.1) is 0 Å². The second kappa shape index (κ2) is 2.74. The van der Waals surface area contributed by atoms with E-state index in [0.29, 0.717) is 6.54 Å². The maximum Gasteiger partial charge on any atom is 0.331 e. The summed E-state index contributed by atoms with van der Waals surface area (Å²) in [6, 6.07) is -0.271. The van der Waals surface area contributed by atoms with Crippen LogP contribution in [0, 0.1) is 0 Å². The van der Waals surface area contributed by atoms with Crippen molar-refractivity contribution in [3.05, 3.63) is 12.8 Å². The second-order valence-corrected chi connectivity index (χ2v) is 2.23. The predicted octanol–water partition coefficient (Wildman–Crippen LogP) is 0.414. The van der Waals surface area contributed by atoms with Crippen molar-refractivity contribution < 1.29 is 9.59 Å². The van der Waals surface area contributed by atoms with E-state index in [9.17, 15) is 9.59 Å². The van der Waals surface area contributed by atoms with Crippen LogP contribution in [0.5, 0.6) is 0 Å². The number of urea groups is 1. The van der Waals surface area contributed by atoms with Crippen LogP contribution in [-0.4, -0.2) is 34.8 Å². The molecule has 1 saturated heterocycles. The molecule has 0 saturated carbocycles. The molecule has 0 radical (unpaired) electrons. The molecule has 0 aromatic heterocycles. The molecule has 0 unspecified atom stereocenters. The Kier molecular flexibility index (Phi) is 1.94. The number of carbonyl (C=O) groups excluding carboxylic acids is 2. The Balaban J connectivity index is 2.78. The molecule has 0 atom stereocenters. The minimum atomic E-state index is -0.271. The summed E-state index contributed by atoms with van der Waals surface area (Å²) in [5, 5.41) is 0. The number of hydrogen-bond donors (Lipinski definition) is 0.